The second-order valence-electron chi connectivity index (χ2n) is 11.3. The van der Waals surface area contributed by atoms with E-state index in [1.54, 1.807) is 0 Å². The number of carbonyl (C=O) groups is 2. The number of carbonyl (C=O) groups excluding carboxylic acids is 1. The Morgan fingerprint density at radius 2 is 1.51 bits per heavy atom. The monoisotopic (exact) mass is 559 g/mol. The maximum absolute atomic E-state index is 12.7. The summed E-state index contributed by atoms with van der Waals surface area (Å²) in [5, 5.41) is 13.7. The van der Waals surface area contributed by atoms with Crippen LogP contribution in [0.1, 0.15) is 113 Å². The van der Waals surface area contributed by atoms with Crippen LogP contribution < -0.4 is 4.90 Å². The van der Waals surface area contributed by atoms with Crippen molar-refractivity contribution in [2.45, 2.75) is 116 Å². The second-order valence-corrected chi connectivity index (χ2v) is 11.3. The zero-order chi connectivity index (χ0) is 28.9. The standard InChI is InChI=1S/C34H45N3O4/c1-2-3-4-5-6-7-8-9-10-11-12-20-31-35-32(41-36-31)28-23-21-26(22-24-28)25-37(33(38)34(39)40)30-19-15-17-27-16-13-14-18-29(27)30/h15,17,19,21-24H,2-14,16,18,20,25H2,1H3,(H,39,40). The van der Waals surface area contributed by atoms with Gasteiger partial charge in [0.05, 0.1) is 6.54 Å². The topological polar surface area (TPSA) is 96.5 Å². The normalized spacial score (nSPS) is 12.7. The average molecular weight is 560 g/mol. The zero-order valence-corrected chi connectivity index (χ0v) is 24.6. The lowest BCUT2D eigenvalue weighted by atomic mass is 9.90. The summed E-state index contributed by atoms with van der Waals surface area (Å²) < 4.78 is 5.52. The highest BCUT2D eigenvalue weighted by atomic mass is 16.5. The number of hydrogen-bond acceptors (Lipinski definition) is 5. The van der Waals surface area contributed by atoms with Gasteiger partial charge in [-0.3, -0.25) is 9.69 Å². The molecule has 0 saturated carbocycles. The summed E-state index contributed by atoms with van der Waals surface area (Å²) in [5.74, 6) is -1.17. The van der Waals surface area contributed by atoms with Crippen molar-refractivity contribution >= 4 is 17.6 Å². The molecule has 0 unspecified atom stereocenters. The number of aliphatic carboxylic acids is 1. The highest BCUT2D eigenvalue weighted by Crippen LogP contribution is 2.32. The van der Waals surface area contributed by atoms with Crippen molar-refractivity contribution in [1.82, 2.24) is 10.1 Å². The molecule has 1 aromatic heterocycles. The molecular formula is C34H45N3O4. The largest absolute Gasteiger partial charge is 0.474 e. The quantitative estimate of drug-likeness (QED) is 0.141. The summed E-state index contributed by atoms with van der Waals surface area (Å²) in [6.07, 6.45) is 19.1. The highest BCUT2D eigenvalue weighted by molar-refractivity contribution is 6.37. The minimum absolute atomic E-state index is 0.176. The molecule has 0 aliphatic heterocycles. The van der Waals surface area contributed by atoms with Crippen molar-refractivity contribution in [3.05, 3.63) is 65.0 Å². The van der Waals surface area contributed by atoms with Gasteiger partial charge in [-0.1, -0.05) is 101 Å². The number of aryl methyl sites for hydroxylation is 2. The number of amides is 1. The van der Waals surface area contributed by atoms with Gasteiger partial charge in [-0.15, -0.1) is 0 Å². The Labute approximate surface area is 244 Å². The maximum atomic E-state index is 12.7. The van der Waals surface area contributed by atoms with Gasteiger partial charge < -0.3 is 9.63 Å². The molecule has 0 spiro atoms. The number of benzene rings is 2. The molecule has 2 aromatic carbocycles. The van der Waals surface area contributed by atoms with Gasteiger partial charge in [-0.25, -0.2) is 4.79 Å². The van der Waals surface area contributed by atoms with Gasteiger partial charge in [0.2, 0.25) is 0 Å². The van der Waals surface area contributed by atoms with E-state index in [2.05, 4.69) is 23.1 Å². The van der Waals surface area contributed by atoms with Crippen LogP contribution in [-0.2, 0) is 35.4 Å². The first-order valence-corrected chi connectivity index (χ1v) is 15.6. The molecule has 7 nitrogen and oxygen atoms in total. The van der Waals surface area contributed by atoms with Crippen molar-refractivity contribution in [3.63, 3.8) is 0 Å². The third-order valence-electron chi connectivity index (χ3n) is 8.10. The number of rotatable bonds is 16. The van der Waals surface area contributed by atoms with Crippen molar-refractivity contribution in [2.75, 3.05) is 4.90 Å². The van der Waals surface area contributed by atoms with Crippen LogP contribution in [0.25, 0.3) is 11.5 Å². The second kappa shape index (κ2) is 16.1. The molecule has 220 valence electrons. The molecule has 1 amide bonds. The molecular weight excluding hydrogens is 514 g/mol. The van der Waals surface area contributed by atoms with Gasteiger partial charge in [0, 0.05) is 17.7 Å². The summed E-state index contributed by atoms with van der Waals surface area (Å²) in [5.41, 5.74) is 4.62. The molecule has 1 aliphatic rings. The first kappa shape index (κ1) is 30.5. The number of aromatic nitrogens is 2. The molecule has 7 heteroatoms. The van der Waals surface area contributed by atoms with Crippen molar-refractivity contribution in [3.8, 4) is 11.5 Å². The molecule has 0 fully saturated rings. The summed E-state index contributed by atoms with van der Waals surface area (Å²) in [4.78, 5) is 30.4. The lowest BCUT2D eigenvalue weighted by Gasteiger charge is -2.27. The smallest absolute Gasteiger partial charge is 0.394 e. The van der Waals surface area contributed by atoms with E-state index in [0.717, 1.165) is 61.0 Å². The first-order chi connectivity index (χ1) is 20.1. The summed E-state index contributed by atoms with van der Waals surface area (Å²) in [6.45, 7) is 2.44. The van der Waals surface area contributed by atoms with Crippen LogP contribution in [0.4, 0.5) is 5.69 Å². The maximum Gasteiger partial charge on any atom is 0.394 e. The fraction of sp³-hybridized carbons (Fsp3) is 0.529. The summed E-state index contributed by atoms with van der Waals surface area (Å²) in [6, 6.07) is 13.4. The van der Waals surface area contributed by atoms with Crippen molar-refractivity contribution in [1.29, 1.82) is 0 Å². The Morgan fingerprint density at radius 3 is 2.20 bits per heavy atom. The van der Waals surface area contributed by atoms with Gasteiger partial charge in [0.25, 0.3) is 5.89 Å². The van der Waals surface area contributed by atoms with Crippen molar-refractivity contribution < 1.29 is 19.2 Å². The van der Waals surface area contributed by atoms with Gasteiger partial charge in [-0.05, 0) is 67.0 Å². The van der Waals surface area contributed by atoms with Gasteiger partial charge in [0.15, 0.2) is 5.82 Å². The van der Waals surface area contributed by atoms with Crippen molar-refractivity contribution in [2.24, 2.45) is 0 Å². The number of hydrogen-bond donors (Lipinski definition) is 1. The lowest BCUT2D eigenvalue weighted by molar-refractivity contribution is -0.148. The van der Waals surface area contributed by atoms with E-state index in [4.69, 9.17) is 4.52 Å². The number of unbranched alkanes of at least 4 members (excludes halogenated alkanes) is 10. The highest BCUT2D eigenvalue weighted by Gasteiger charge is 2.26. The number of carboxylic acids is 1. The molecule has 41 heavy (non-hydrogen) atoms. The number of nitrogens with zero attached hydrogens (tertiary/aromatic N) is 3. The van der Waals surface area contributed by atoms with Crippen LogP contribution in [-0.4, -0.2) is 27.1 Å². The Bertz CT molecular complexity index is 1250. The fourth-order valence-electron chi connectivity index (χ4n) is 5.75. The SMILES string of the molecule is CCCCCCCCCCCCCc1noc(-c2ccc(CN(C(=O)C(=O)O)c3cccc4c3CCCC4)cc2)n1. The Kier molecular flexibility index (Phi) is 12.0. The van der Waals surface area contributed by atoms with E-state index in [0.29, 0.717) is 11.6 Å². The van der Waals surface area contributed by atoms with Crippen LogP contribution in [0.5, 0.6) is 0 Å². The first-order valence-electron chi connectivity index (χ1n) is 15.6. The summed E-state index contributed by atoms with van der Waals surface area (Å²) >= 11 is 0. The molecule has 4 rings (SSSR count). The average Bonchev–Trinajstić information content (AvgIpc) is 3.47. The molecule has 0 saturated heterocycles. The minimum Gasteiger partial charge on any atom is -0.474 e. The van der Waals surface area contributed by atoms with E-state index in [1.165, 1.54) is 74.7 Å². The zero-order valence-electron chi connectivity index (χ0n) is 24.6. The number of fused-ring (bicyclic) bond motifs is 1. The van der Waals surface area contributed by atoms with Gasteiger partial charge in [-0.2, -0.15) is 4.98 Å². The molecule has 0 radical (unpaired) electrons. The van der Waals surface area contributed by atoms with Gasteiger partial charge in [0.1, 0.15) is 0 Å². The van der Waals surface area contributed by atoms with Crippen LogP contribution in [0.2, 0.25) is 0 Å². The van der Waals surface area contributed by atoms with Crippen LogP contribution in [0, 0.1) is 0 Å². The van der Waals surface area contributed by atoms with E-state index in [1.807, 2.05) is 36.4 Å². The lowest BCUT2D eigenvalue weighted by Crippen LogP contribution is -2.37. The minimum atomic E-state index is -1.45. The van der Waals surface area contributed by atoms with E-state index >= 15 is 0 Å². The van der Waals surface area contributed by atoms with Crippen LogP contribution >= 0.6 is 0 Å². The predicted molar refractivity (Wildman–Crippen MR) is 162 cm³/mol. The third kappa shape index (κ3) is 9.00. The number of carboxylic acid groups (broad SMARTS) is 1. The number of anilines is 1. The van der Waals surface area contributed by atoms with Crippen LogP contribution in [0.3, 0.4) is 0 Å². The third-order valence-corrected chi connectivity index (χ3v) is 8.10. The summed E-state index contributed by atoms with van der Waals surface area (Å²) in [7, 11) is 0. The molecule has 0 bridgehead atoms. The molecule has 0 atom stereocenters. The fourth-order valence-corrected chi connectivity index (χ4v) is 5.75. The Balaban J connectivity index is 1.27. The van der Waals surface area contributed by atoms with Gasteiger partial charge >= 0.3 is 11.9 Å². The Hall–Kier alpha value is -3.48. The Morgan fingerprint density at radius 1 is 0.854 bits per heavy atom. The van der Waals surface area contributed by atoms with E-state index < -0.39 is 11.9 Å². The van der Waals surface area contributed by atoms with E-state index in [9.17, 15) is 14.7 Å². The molecule has 1 heterocycles. The molecule has 1 N–H and O–H groups in total. The predicted octanol–water partition coefficient (Wildman–Crippen LogP) is 8.09. The van der Waals surface area contributed by atoms with Crippen LogP contribution in [0.15, 0.2) is 47.0 Å². The molecule has 3 aromatic rings. The molecule has 1 aliphatic carbocycles. The van der Waals surface area contributed by atoms with E-state index in [-0.39, 0.29) is 6.54 Å².